The number of carbonyl (C=O) groups is 1. The Morgan fingerprint density at radius 1 is 1.36 bits per heavy atom. The van der Waals surface area contributed by atoms with E-state index in [-0.39, 0.29) is 6.41 Å². The molecule has 1 aromatic rings. The molecule has 1 aliphatic rings. The normalized spacial score (nSPS) is 13.7. The quantitative estimate of drug-likeness (QED) is 0.509. The van der Waals surface area contributed by atoms with Crippen LogP contribution in [0.5, 0.6) is 0 Å². The van der Waals surface area contributed by atoms with E-state index in [2.05, 4.69) is 32.6 Å². The number of primary amides is 1. The summed E-state index contributed by atoms with van der Waals surface area (Å²) in [5.41, 5.74) is 7.63. The van der Waals surface area contributed by atoms with Crippen molar-refractivity contribution >= 4 is 36.7 Å². The lowest BCUT2D eigenvalue weighted by atomic mass is 10.1. The van der Waals surface area contributed by atoms with E-state index in [0.717, 1.165) is 30.0 Å². The fourth-order valence-corrected chi connectivity index (χ4v) is 1.82. The van der Waals surface area contributed by atoms with Crippen LogP contribution < -0.4 is 11.1 Å². The molecule has 1 aromatic carbocycles. The third-order valence-electron chi connectivity index (χ3n) is 2.52. The van der Waals surface area contributed by atoms with Crippen LogP contribution in [-0.4, -0.2) is 25.9 Å². The molecule has 0 heterocycles. The first-order valence-electron chi connectivity index (χ1n) is 6.60. The van der Waals surface area contributed by atoms with E-state index in [1.165, 1.54) is 5.57 Å². The van der Waals surface area contributed by atoms with Gasteiger partial charge in [-0.1, -0.05) is 36.4 Å². The predicted octanol–water partition coefficient (Wildman–Crippen LogP) is 3.43. The molecule has 0 saturated carbocycles. The fraction of sp³-hybridized carbons (Fsp3) is 0.188. The molecule has 22 heavy (non-hydrogen) atoms. The number of benzene rings is 1. The highest BCUT2D eigenvalue weighted by Gasteiger charge is 2.02. The Kier molecular flexibility index (Phi) is 12.2. The van der Waals surface area contributed by atoms with E-state index >= 15 is 0 Å². The molecule has 118 valence electrons. The number of anilines is 1. The van der Waals surface area contributed by atoms with Crippen molar-refractivity contribution in [2.24, 2.45) is 14.5 Å². The van der Waals surface area contributed by atoms with E-state index < -0.39 is 0 Å². The van der Waals surface area contributed by atoms with Gasteiger partial charge in [-0.25, -0.2) is 4.40 Å². The number of nitrogens with one attached hydrogen (secondary N) is 1. The van der Waals surface area contributed by atoms with Gasteiger partial charge in [-0.3, -0.25) is 4.79 Å². The van der Waals surface area contributed by atoms with Gasteiger partial charge in [0.25, 0.3) is 0 Å². The van der Waals surface area contributed by atoms with Crippen molar-refractivity contribution in [3.63, 3.8) is 0 Å². The number of amides is 1. The molecule has 0 aliphatic heterocycles. The summed E-state index contributed by atoms with van der Waals surface area (Å²) >= 11 is 1.15. The summed E-state index contributed by atoms with van der Waals surface area (Å²) in [6, 6.07) is 10.1. The molecule has 3 N–H and O–H groups in total. The summed E-state index contributed by atoms with van der Waals surface area (Å²) in [7, 11) is 1.91. The monoisotopic (exact) mass is 318 g/mol. The van der Waals surface area contributed by atoms with Crippen LogP contribution in [0.4, 0.5) is 5.69 Å². The Balaban J connectivity index is 0.000000352. The summed E-state index contributed by atoms with van der Waals surface area (Å²) in [5, 5.41) is 3.03. The van der Waals surface area contributed by atoms with E-state index in [1.54, 1.807) is 0 Å². The highest BCUT2D eigenvalue weighted by Crippen LogP contribution is 2.13. The Morgan fingerprint density at radius 3 is 2.45 bits per heavy atom. The molecular formula is C16H22N4OS. The zero-order valence-electron chi connectivity index (χ0n) is 12.9. The molecule has 6 heteroatoms. The van der Waals surface area contributed by atoms with Crippen LogP contribution >= 0.6 is 12.1 Å². The van der Waals surface area contributed by atoms with Crippen LogP contribution in [0.15, 0.2) is 62.9 Å². The van der Waals surface area contributed by atoms with Gasteiger partial charge in [0, 0.05) is 25.9 Å². The van der Waals surface area contributed by atoms with Crippen LogP contribution in [0.25, 0.3) is 0 Å². The lowest BCUT2D eigenvalue weighted by molar-refractivity contribution is -0.106. The summed E-state index contributed by atoms with van der Waals surface area (Å²) in [6.07, 6.45) is 7.33. The molecule has 0 spiro atoms. The zero-order chi connectivity index (χ0) is 16.6. The third-order valence-corrected chi connectivity index (χ3v) is 2.94. The number of para-hydroxylation sites is 1. The minimum Gasteiger partial charge on any atom is -0.388 e. The van der Waals surface area contributed by atoms with E-state index in [0.29, 0.717) is 0 Å². The van der Waals surface area contributed by atoms with Gasteiger partial charge in [-0.15, -0.1) is 0 Å². The lowest BCUT2D eigenvalue weighted by Gasteiger charge is -2.05. The van der Waals surface area contributed by atoms with Crippen molar-refractivity contribution in [1.82, 2.24) is 0 Å². The maximum Gasteiger partial charge on any atom is 0.204 e. The van der Waals surface area contributed by atoms with Gasteiger partial charge < -0.3 is 11.1 Å². The second-order valence-corrected chi connectivity index (χ2v) is 4.59. The highest BCUT2D eigenvalue weighted by atomic mass is 32.2. The number of hydrogen-bond acceptors (Lipinski definition) is 5. The number of rotatable bonds is 3. The first kappa shape index (κ1) is 19.7. The van der Waals surface area contributed by atoms with Crippen LogP contribution in [0.2, 0.25) is 0 Å². The van der Waals surface area contributed by atoms with Crippen molar-refractivity contribution in [2.75, 3.05) is 12.4 Å². The summed E-state index contributed by atoms with van der Waals surface area (Å²) in [6.45, 7) is 5.39. The van der Waals surface area contributed by atoms with Gasteiger partial charge in [0.2, 0.25) is 6.41 Å². The number of allylic oxidation sites excluding steroid dienone is 4. The van der Waals surface area contributed by atoms with Crippen molar-refractivity contribution in [3.8, 4) is 0 Å². The molecule has 5 nitrogen and oxygen atoms in total. The molecule has 0 saturated heterocycles. The zero-order valence-corrected chi connectivity index (χ0v) is 13.7. The van der Waals surface area contributed by atoms with Gasteiger partial charge >= 0.3 is 0 Å². The molecule has 0 bridgehead atoms. The maximum atomic E-state index is 8.58. The Labute approximate surface area is 136 Å². The topological polar surface area (TPSA) is 79.8 Å². The Morgan fingerprint density at radius 2 is 2.00 bits per heavy atom. The molecule has 0 fully saturated rings. The van der Waals surface area contributed by atoms with Gasteiger partial charge in [-0.2, -0.15) is 4.40 Å². The van der Waals surface area contributed by atoms with Crippen molar-refractivity contribution in [3.05, 3.63) is 54.1 Å². The molecule has 0 unspecified atom stereocenters. The molecule has 0 aromatic heterocycles. The van der Waals surface area contributed by atoms with Gasteiger partial charge in [0.15, 0.2) is 0 Å². The SMILES string of the molecule is C=NS/N=C1\CC=CC=C1C.CNc1ccccc1.NC=O. The van der Waals surface area contributed by atoms with E-state index in [1.807, 2.05) is 56.5 Å². The molecule has 0 radical (unpaired) electrons. The second kappa shape index (κ2) is 13.6. The predicted molar refractivity (Wildman–Crippen MR) is 98.3 cm³/mol. The van der Waals surface area contributed by atoms with Gasteiger partial charge in [0.05, 0.1) is 5.71 Å². The molecule has 0 atom stereocenters. The van der Waals surface area contributed by atoms with Crippen molar-refractivity contribution < 1.29 is 4.79 Å². The van der Waals surface area contributed by atoms with Crippen molar-refractivity contribution in [2.45, 2.75) is 13.3 Å². The summed E-state index contributed by atoms with van der Waals surface area (Å²) in [5.74, 6) is 0. The van der Waals surface area contributed by atoms with Crippen LogP contribution in [0.1, 0.15) is 13.3 Å². The first-order chi connectivity index (χ1) is 10.7. The average molecular weight is 318 g/mol. The smallest absolute Gasteiger partial charge is 0.204 e. The largest absolute Gasteiger partial charge is 0.388 e. The fourth-order valence-electron chi connectivity index (χ4n) is 1.44. The second-order valence-electron chi connectivity index (χ2n) is 3.98. The Hall–Kier alpha value is -2.34. The van der Waals surface area contributed by atoms with Crippen molar-refractivity contribution in [1.29, 1.82) is 0 Å². The summed E-state index contributed by atoms with van der Waals surface area (Å²) in [4.78, 5) is 8.58. The molecule has 1 aliphatic carbocycles. The maximum absolute atomic E-state index is 8.58. The Bertz CT molecular complexity index is 524. The number of nitrogens with zero attached hydrogens (tertiary/aromatic N) is 2. The lowest BCUT2D eigenvalue weighted by Crippen LogP contribution is -1.99. The van der Waals surface area contributed by atoms with Gasteiger partial charge in [-0.05, 0) is 24.6 Å². The average Bonchev–Trinajstić information content (AvgIpc) is 2.56. The van der Waals surface area contributed by atoms with Gasteiger partial charge in [0.1, 0.15) is 12.1 Å². The standard InChI is InChI=1S/C8H10N2S.C7H9N.CH3NO/c1-7-5-3-4-6-8(7)10-11-9-2;1-8-7-5-3-2-4-6-7;2-1-3/h3-5H,2,6H2,1H3;2-6,8H,1H3;1H,(H2,2,3)/b10-8+;;. The minimum absolute atomic E-state index is 0.250. The first-order valence-corrected chi connectivity index (χ1v) is 7.33. The van der Waals surface area contributed by atoms with Crippen LogP contribution in [0, 0.1) is 0 Å². The highest BCUT2D eigenvalue weighted by molar-refractivity contribution is 7.96. The summed E-state index contributed by atoms with van der Waals surface area (Å²) < 4.78 is 7.76. The number of hydrogen-bond donors (Lipinski definition) is 2. The third kappa shape index (κ3) is 9.55. The van der Waals surface area contributed by atoms with Crippen LogP contribution in [0.3, 0.4) is 0 Å². The van der Waals surface area contributed by atoms with Crippen LogP contribution in [-0.2, 0) is 4.79 Å². The molecule has 2 rings (SSSR count). The number of carbonyl (C=O) groups excluding carboxylic acids is 1. The minimum atomic E-state index is 0.250. The van der Waals surface area contributed by atoms with E-state index in [9.17, 15) is 0 Å². The van der Waals surface area contributed by atoms with E-state index in [4.69, 9.17) is 4.79 Å². The molecular weight excluding hydrogens is 296 g/mol. The molecule has 1 amide bonds. The number of nitrogens with two attached hydrogens (primary N) is 1.